The summed E-state index contributed by atoms with van der Waals surface area (Å²) in [6.45, 7) is 4.03. The molecule has 0 aromatic heterocycles. The van der Waals surface area contributed by atoms with Crippen LogP contribution in [0.2, 0.25) is 0 Å². The number of hydrogen-bond acceptors (Lipinski definition) is 3. The van der Waals surface area contributed by atoms with Gasteiger partial charge < -0.3 is 5.32 Å². The molecule has 28 heavy (non-hydrogen) atoms. The maximum Gasteiger partial charge on any atom is 0.271 e. The van der Waals surface area contributed by atoms with Crippen LogP contribution in [0.1, 0.15) is 37.4 Å². The molecule has 2 N–H and O–H groups in total. The second kappa shape index (κ2) is 8.77. The Bertz CT molecular complexity index is 1010. The predicted molar refractivity (Wildman–Crippen MR) is 112 cm³/mol. The summed E-state index contributed by atoms with van der Waals surface area (Å²) >= 11 is 0. The van der Waals surface area contributed by atoms with E-state index < -0.39 is 0 Å². The number of aryl methyl sites for hydroxylation is 2. The summed E-state index contributed by atoms with van der Waals surface area (Å²) in [6, 6.07) is 21.6. The third-order valence-electron chi connectivity index (χ3n) is 4.24. The van der Waals surface area contributed by atoms with E-state index in [1.807, 2.05) is 32.0 Å². The van der Waals surface area contributed by atoms with Crippen molar-refractivity contribution in [2.24, 2.45) is 5.10 Å². The summed E-state index contributed by atoms with van der Waals surface area (Å²) in [5.74, 6) is -0.516. The van der Waals surface area contributed by atoms with Crippen LogP contribution in [-0.2, 0) is 0 Å². The number of benzene rings is 3. The first-order valence-corrected chi connectivity index (χ1v) is 8.90. The van der Waals surface area contributed by atoms with E-state index in [1.165, 1.54) is 5.56 Å². The van der Waals surface area contributed by atoms with Crippen molar-refractivity contribution >= 4 is 23.7 Å². The largest absolute Gasteiger partial charge is 0.322 e. The van der Waals surface area contributed by atoms with Crippen molar-refractivity contribution in [2.75, 3.05) is 5.32 Å². The number of hydrazone groups is 1. The van der Waals surface area contributed by atoms with Crippen molar-refractivity contribution in [3.63, 3.8) is 0 Å². The number of rotatable bonds is 5. The summed E-state index contributed by atoms with van der Waals surface area (Å²) in [6.07, 6.45) is 1.63. The minimum atomic E-state index is -0.318. The van der Waals surface area contributed by atoms with Crippen LogP contribution in [-0.4, -0.2) is 18.0 Å². The van der Waals surface area contributed by atoms with Crippen LogP contribution in [0.25, 0.3) is 0 Å². The Morgan fingerprint density at radius 2 is 1.50 bits per heavy atom. The van der Waals surface area contributed by atoms with Crippen LogP contribution < -0.4 is 10.7 Å². The topological polar surface area (TPSA) is 70.6 Å². The van der Waals surface area contributed by atoms with Crippen LogP contribution in [0.4, 0.5) is 5.69 Å². The number of nitrogens with one attached hydrogen (secondary N) is 2. The summed E-state index contributed by atoms with van der Waals surface area (Å²) < 4.78 is 0. The lowest BCUT2D eigenvalue weighted by atomic mass is 10.1. The first-order valence-electron chi connectivity index (χ1n) is 8.90. The van der Waals surface area contributed by atoms with Crippen LogP contribution in [0.3, 0.4) is 0 Å². The first kappa shape index (κ1) is 19.0. The zero-order valence-electron chi connectivity index (χ0n) is 15.8. The Balaban J connectivity index is 1.59. The van der Waals surface area contributed by atoms with Gasteiger partial charge in [-0.1, -0.05) is 42.0 Å². The molecular weight excluding hydrogens is 350 g/mol. The Morgan fingerprint density at radius 3 is 2.18 bits per heavy atom. The van der Waals surface area contributed by atoms with E-state index in [0.29, 0.717) is 16.8 Å². The molecule has 0 aliphatic carbocycles. The lowest BCUT2D eigenvalue weighted by Crippen LogP contribution is -2.18. The number of anilines is 1. The van der Waals surface area contributed by atoms with Crippen molar-refractivity contribution in [1.82, 2.24) is 5.43 Å². The SMILES string of the molecule is Cc1ccc(/C=N/NC(=O)c2ccc(NC(=O)c3ccccc3)cc2)c(C)c1. The first-order chi connectivity index (χ1) is 13.5. The van der Waals surface area contributed by atoms with Crippen molar-refractivity contribution in [3.05, 3.63) is 101 Å². The number of carbonyl (C=O) groups excluding carboxylic acids is 2. The third kappa shape index (κ3) is 4.92. The smallest absolute Gasteiger partial charge is 0.271 e. The highest BCUT2D eigenvalue weighted by Gasteiger charge is 2.07. The molecule has 0 aliphatic heterocycles. The van der Waals surface area contributed by atoms with Crippen LogP contribution >= 0.6 is 0 Å². The molecule has 2 amide bonds. The molecule has 0 heterocycles. The molecule has 140 valence electrons. The molecule has 3 aromatic carbocycles. The fourth-order valence-electron chi connectivity index (χ4n) is 2.69. The second-order valence-corrected chi connectivity index (χ2v) is 6.46. The van der Waals surface area contributed by atoms with Gasteiger partial charge in [-0.25, -0.2) is 5.43 Å². The lowest BCUT2D eigenvalue weighted by Gasteiger charge is -2.06. The molecule has 0 unspecified atom stereocenters. The van der Waals surface area contributed by atoms with Crippen molar-refractivity contribution < 1.29 is 9.59 Å². The van der Waals surface area contributed by atoms with Gasteiger partial charge in [-0.3, -0.25) is 9.59 Å². The van der Waals surface area contributed by atoms with E-state index in [0.717, 1.165) is 11.1 Å². The maximum absolute atomic E-state index is 12.2. The van der Waals surface area contributed by atoms with Gasteiger partial charge in [-0.2, -0.15) is 5.10 Å². The maximum atomic E-state index is 12.2. The zero-order chi connectivity index (χ0) is 19.9. The summed E-state index contributed by atoms with van der Waals surface area (Å²) in [4.78, 5) is 24.4. The summed E-state index contributed by atoms with van der Waals surface area (Å²) in [5, 5.41) is 6.82. The highest BCUT2D eigenvalue weighted by atomic mass is 16.2. The van der Waals surface area contributed by atoms with Gasteiger partial charge in [0.25, 0.3) is 11.8 Å². The Kier molecular flexibility index (Phi) is 5.97. The normalized spacial score (nSPS) is 10.6. The molecule has 0 spiro atoms. The van der Waals surface area contributed by atoms with E-state index in [4.69, 9.17) is 0 Å². The molecule has 3 aromatic rings. The molecule has 5 heteroatoms. The fourth-order valence-corrected chi connectivity index (χ4v) is 2.69. The average molecular weight is 371 g/mol. The van der Waals surface area contributed by atoms with Crippen molar-refractivity contribution in [1.29, 1.82) is 0 Å². The van der Waals surface area contributed by atoms with Crippen LogP contribution in [0, 0.1) is 13.8 Å². The number of nitrogens with zero attached hydrogens (tertiary/aromatic N) is 1. The Morgan fingerprint density at radius 1 is 0.821 bits per heavy atom. The molecule has 0 saturated heterocycles. The van der Waals surface area contributed by atoms with E-state index >= 15 is 0 Å². The summed E-state index contributed by atoms with van der Waals surface area (Å²) in [7, 11) is 0. The Hall–Kier alpha value is -3.73. The van der Waals surface area contributed by atoms with Crippen LogP contribution in [0.15, 0.2) is 77.9 Å². The van der Waals surface area contributed by atoms with E-state index in [9.17, 15) is 9.59 Å². The molecule has 0 fully saturated rings. The van der Waals surface area contributed by atoms with E-state index in [2.05, 4.69) is 21.9 Å². The number of amides is 2. The molecule has 0 bridgehead atoms. The molecule has 0 saturated carbocycles. The lowest BCUT2D eigenvalue weighted by molar-refractivity contribution is 0.0954. The van der Waals surface area contributed by atoms with Crippen molar-refractivity contribution in [3.8, 4) is 0 Å². The van der Waals surface area contributed by atoms with Gasteiger partial charge in [-0.05, 0) is 61.4 Å². The van der Waals surface area contributed by atoms with Crippen molar-refractivity contribution in [2.45, 2.75) is 13.8 Å². The molecule has 5 nitrogen and oxygen atoms in total. The minimum Gasteiger partial charge on any atom is -0.322 e. The quantitative estimate of drug-likeness (QED) is 0.518. The predicted octanol–water partition coefficient (Wildman–Crippen LogP) is 4.32. The molecule has 0 aliphatic rings. The number of hydrogen-bond donors (Lipinski definition) is 2. The summed E-state index contributed by atoms with van der Waals surface area (Å²) in [5.41, 5.74) is 7.38. The highest BCUT2D eigenvalue weighted by molar-refractivity contribution is 6.04. The molecule has 0 atom stereocenters. The average Bonchev–Trinajstić information content (AvgIpc) is 2.70. The second-order valence-electron chi connectivity index (χ2n) is 6.46. The van der Waals surface area contributed by atoms with Crippen LogP contribution in [0.5, 0.6) is 0 Å². The number of carbonyl (C=O) groups is 2. The minimum absolute atomic E-state index is 0.198. The molecule has 3 rings (SSSR count). The molecule has 0 radical (unpaired) electrons. The van der Waals surface area contributed by atoms with Gasteiger partial charge in [0, 0.05) is 16.8 Å². The zero-order valence-corrected chi connectivity index (χ0v) is 15.8. The third-order valence-corrected chi connectivity index (χ3v) is 4.24. The van der Waals surface area contributed by atoms with Gasteiger partial charge in [0.15, 0.2) is 0 Å². The Labute approximate surface area is 164 Å². The fraction of sp³-hybridized carbons (Fsp3) is 0.0870. The van der Waals surface area contributed by atoms with Gasteiger partial charge >= 0.3 is 0 Å². The highest BCUT2D eigenvalue weighted by Crippen LogP contribution is 2.12. The molecular formula is C23H21N3O2. The van der Waals surface area contributed by atoms with E-state index in [1.54, 1.807) is 54.7 Å². The van der Waals surface area contributed by atoms with Gasteiger partial charge in [0.05, 0.1) is 6.21 Å². The van der Waals surface area contributed by atoms with Gasteiger partial charge in [0.2, 0.25) is 0 Å². The van der Waals surface area contributed by atoms with Gasteiger partial charge in [0.1, 0.15) is 0 Å². The standard InChI is InChI=1S/C23H21N3O2/c1-16-8-9-20(17(2)14-16)15-24-26-23(28)19-10-12-21(13-11-19)25-22(27)18-6-4-3-5-7-18/h3-15H,1-2H3,(H,25,27)(H,26,28)/b24-15+. The van der Waals surface area contributed by atoms with E-state index in [-0.39, 0.29) is 11.8 Å². The monoisotopic (exact) mass is 371 g/mol. The van der Waals surface area contributed by atoms with Gasteiger partial charge in [-0.15, -0.1) is 0 Å².